The molecule has 1 N–H and O–H groups in total. The zero-order valence-electron chi connectivity index (χ0n) is 15.8. The largest absolute Gasteiger partial charge is 0.324 e. The molecule has 0 bridgehead atoms. The summed E-state index contributed by atoms with van der Waals surface area (Å²) in [6, 6.07) is 15.1. The highest BCUT2D eigenvalue weighted by molar-refractivity contribution is 7.99. The van der Waals surface area contributed by atoms with E-state index in [1.54, 1.807) is 12.1 Å². The lowest BCUT2D eigenvalue weighted by molar-refractivity contribution is -0.117. The Hall–Kier alpha value is -2.42. The smallest absolute Gasteiger partial charge is 0.248 e. The zero-order chi connectivity index (χ0) is 20.1. The molecule has 0 radical (unpaired) electrons. The number of carbonyl (C=O) groups is 1. The van der Waals surface area contributed by atoms with Crippen LogP contribution in [-0.4, -0.2) is 55.6 Å². The summed E-state index contributed by atoms with van der Waals surface area (Å²) < 4.78 is 0. The normalized spacial score (nSPS) is 14.7. The number of aromatic nitrogens is 4. The average molecular weight is 429 g/mol. The molecular weight excluding hydrogens is 408 g/mol. The van der Waals surface area contributed by atoms with E-state index in [0.717, 1.165) is 30.9 Å². The lowest BCUT2D eigenvalue weighted by atomic mass is 10.2. The monoisotopic (exact) mass is 428 g/mol. The first kappa shape index (κ1) is 19.9. The van der Waals surface area contributed by atoms with Gasteiger partial charge in [-0.15, -0.1) is 10.2 Å². The van der Waals surface area contributed by atoms with Crippen LogP contribution in [0.15, 0.2) is 48.5 Å². The van der Waals surface area contributed by atoms with Crippen molar-refractivity contribution in [3.63, 3.8) is 0 Å². The van der Waals surface area contributed by atoms with Gasteiger partial charge in [-0.25, -0.2) is 0 Å². The van der Waals surface area contributed by atoms with Gasteiger partial charge in [-0.3, -0.25) is 9.69 Å². The molecule has 3 aromatic rings. The van der Waals surface area contributed by atoms with Gasteiger partial charge in [-0.05, 0) is 47.2 Å². The van der Waals surface area contributed by atoms with Crippen molar-refractivity contribution >= 4 is 35.0 Å². The van der Waals surface area contributed by atoms with Gasteiger partial charge in [0, 0.05) is 47.4 Å². The van der Waals surface area contributed by atoms with Crippen molar-refractivity contribution in [2.75, 3.05) is 29.9 Å². The second-order valence-corrected chi connectivity index (χ2v) is 8.45. The first-order valence-corrected chi connectivity index (χ1v) is 10.9. The molecule has 150 valence electrons. The van der Waals surface area contributed by atoms with Gasteiger partial charge < -0.3 is 5.32 Å². The number of carbonyl (C=O) groups excluding carboxylic acids is 1. The number of rotatable bonds is 6. The number of benzene rings is 2. The van der Waals surface area contributed by atoms with Gasteiger partial charge in [-0.1, -0.05) is 23.7 Å². The first-order valence-electron chi connectivity index (χ1n) is 9.38. The molecule has 0 unspecified atom stereocenters. The minimum Gasteiger partial charge on any atom is -0.324 e. The highest BCUT2D eigenvalue weighted by Crippen LogP contribution is 2.18. The second-order valence-electron chi connectivity index (χ2n) is 6.79. The topological polar surface area (TPSA) is 75.9 Å². The highest BCUT2D eigenvalue weighted by atomic mass is 35.5. The van der Waals surface area contributed by atoms with Crippen LogP contribution in [0.5, 0.6) is 0 Å². The van der Waals surface area contributed by atoms with Gasteiger partial charge in [0.25, 0.3) is 0 Å². The maximum Gasteiger partial charge on any atom is 0.248 e. The summed E-state index contributed by atoms with van der Waals surface area (Å²) in [6.07, 6.45) is 0. The van der Waals surface area contributed by atoms with E-state index in [9.17, 15) is 4.79 Å². The number of hydrogen-bond acceptors (Lipinski definition) is 6. The van der Waals surface area contributed by atoms with E-state index in [1.165, 1.54) is 21.9 Å². The van der Waals surface area contributed by atoms with Gasteiger partial charge in [0.15, 0.2) is 0 Å². The Balaban J connectivity index is 1.35. The minimum atomic E-state index is -0.198. The van der Waals surface area contributed by atoms with Gasteiger partial charge in [0.05, 0.1) is 0 Å². The molecule has 1 aromatic heterocycles. The summed E-state index contributed by atoms with van der Waals surface area (Å²) >= 11 is 7.90. The quantitative estimate of drug-likeness (QED) is 0.649. The Morgan fingerprint density at radius 2 is 1.93 bits per heavy atom. The van der Waals surface area contributed by atoms with E-state index < -0.39 is 0 Å². The number of hydrogen-bond donors (Lipinski definition) is 1. The molecule has 7 nitrogen and oxygen atoms in total. The van der Waals surface area contributed by atoms with Crippen molar-refractivity contribution in [1.29, 1.82) is 0 Å². The molecule has 1 amide bonds. The summed E-state index contributed by atoms with van der Waals surface area (Å²) in [5.41, 5.74) is 2.76. The third kappa shape index (κ3) is 5.56. The molecule has 29 heavy (non-hydrogen) atoms. The number of thioether (sulfide) groups is 1. The van der Waals surface area contributed by atoms with Crippen molar-refractivity contribution < 1.29 is 4.79 Å². The summed E-state index contributed by atoms with van der Waals surface area (Å²) in [6.45, 7) is 3.11. The predicted octanol–water partition coefficient (Wildman–Crippen LogP) is 3.18. The maximum absolute atomic E-state index is 12.4. The van der Waals surface area contributed by atoms with E-state index in [0.29, 0.717) is 10.8 Å². The molecule has 1 aliphatic rings. The molecule has 1 aliphatic heterocycles. The Bertz CT molecular complexity index is 971. The molecule has 0 atom stereocenters. The summed E-state index contributed by atoms with van der Waals surface area (Å²) in [7, 11) is 0. The number of halogens is 1. The molecular formula is C20H21ClN6OS. The van der Waals surface area contributed by atoms with E-state index in [-0.39, 0.29) is 12.5 Å². The van der Waals surface area contributed by atoms with Crippen LogP contribution in [0.3, 0.4) is 0 Å². The van der Waals surface area contributed by atoms with Gasteiger partial charge in [0.1, 0.15) is 6.54 Å². The number of nitrogens with one attached hydrogen (secondary N) is 1. The van der Waals surface area contributed by atoms with E-state index in [2.05, 4.69) is 31.7 Å². The fourth-order valence-corrected chi connectivity index (χ4v) is 4.22. The van der Waals surface area contributed by atoms with E-state index in [4.69, 9.17) is 11.6 Å². The van der Waals surface area contributed by atoms with Crippen LogP contribution in [0.25, 0.3) is 11.4 Å². The van der Waals surface area contributed by atoms with Crippen molar-refractivity contribution in [1.82, 2.24) is 25.1 Å². The average Bonchev–Trinajstić information content (AvgIpc) is 3.18. The lowest BCUT2D eigenvalue weighted by Crippen LogP contribution is -2.31. The highest BCUT2D eigenvalue weighted by Gasteiger charge is 2.12. The van der Waals surface area contributed by atoms with Crippen LogP contribution in [0, 0.1) is 0 Å². The molecule has 2 aromatic carbocycles. The van der Waals surface area contributed by atoms with Crippen LogP contribution < -0.4 is 5.32 Å². The molecule has 1 fully saturated rings. The number of tetrazole rings is 1. The van der Waals surface area contributed by atoms with E-state index in [1.807, 2.05) is 42.1 Å². The molecule has 0 spiro atoms. The number of nitrogens with zero attached hydrogens (tertiary/aromatic N) is 5. The van der Waals surface area contributed by atoms with Crippen molar-refractivity contribution in [2.45, 2.75) is 13.1 Å². The fourth-order valence-electron chi connectivity index (χ4n) is 3.12. The molecule has 9 heteroatoms. The number of anilines is 1. The van der Waals surface area contributed by atoms with Crippen LogP contribution in [0.2, 0.25) is 5.02 Å². The molecule has 0 aliphatic carbocycles. The Labute approximate surface area is 178 Å². The van der Waals surface area contributed by atoms with Crippen LogP contribution in [-0.2, 0) is 17.9 Å². The van der Waals surface area contributed by atoms with Crippen LogP contribution in [0.1, 0.15) is 5.56 Å². The predicted molar refractivity (Wildman–Crippen MR) is 116 cm³/mol. The first-order chi connectivity index (χ1) is 14.2. The molecule has 0 saturated carbocycles. The van der Waals surface area contributed by atoms with Gasteiger partial charge in [-0.2, -0.15) is 16.6 Å². The number of amides is 1. The Morgan fingerprint density at radius 1 is 1.14 bits per heavy atom. The van der Waals surface area contributed by atoms with Crippen molar-refractivity contribution in [3.8, 4) is 11.4 Å². The van der Waals surface area contributed by atoms with Crippen LogP contribution in [0.4, 0.5) is 5.69 Å². The Morgan fingerprint density at radius 3 is 2.72 bits per heavy atom. The third-order valence-corrected chi connectivity index (χ3v) is 5.76. The summed E-state index contributed by atoms with van der Waals surface area (Å²) in [5.74, 6) is 2.62. The Kier molecular flexibility index (Phi) is 6.43. The van der Waals surface area contributed by atoms with Crippen LogP contribution >= 0.6 is 23.4 Å². The fraction of sp³-hybridized carbons (Fsp3) is 0.300. The molecule has 1 saturated heterocycles. The standard InChI is InChI=1S/C20H21ClN6OS/c21-17-6-4-16(5-7-17)20-23-25-27(24-20)14-19(28)22-18-3-1-2-15(12-18)13-26-8-10-29-11-9-26/h1-7,12H,8-11,13-14H2,(H,22,28). The van der Waals surface area contributed by atoms with Gasteiger partial charge in [0.2, 0.25) is 11.7 Å². The minimum absolute atomic E-state index is 0.00579. The van der Waals surface area contributed by atoms with Crippen molar-refractivity contribution in [2.24, 2.45) is 0 Å². The lowest BCUT2D eigenvalue weighted by Gasteiger charge is -2.26. The zero-order valence-corrected chi connectivity index (χ0v) is 17.4. The maximum atomic E-state index is 12.4. The SMILES string of the molecule is O=C(Cn1nnc(-c2ccc(Cl)cc2)n1)Nc1cccc(CN2CCSCC2)c1. The van der Waals surface area contributed by atoms with E-state index >= 15 is 0 Å². The van der Waals surface area contributed by atoms with Gasteiger partial charge >= 0.3 is 0 Å². The summed E-state index contributed by atoms with van der Waals surface area (Å²) in [5, 5.41) is 15.8. The molecule has 4 rings (SSSR count). The summed E-state index contributed by atoms with van der Waals surface area (Å²) in [4.78, 5) is 16.1. The molecule has 2 heterocycles. The second kappa shape index (κ2) is 9.39. The third-order valence-electron chi connectivity index (χ3n) is 4.56. The van der Waals surface area contributed by atoms with Crippen molar-refractivity contribution in [3.05, 3.63) is 59.1 Å².